The lowest BCUT2D eigenvalue weighted by Crippen LogP contribution is -2.26. The third kappa shape index (κ3) is 5.70. The van der Waals surface area contributed by atoms with E-state index >= 15 is 0 Å². The molecule has 2 heterocycles. The van der Waals surface area contributed by atoms with Crippen LogP contribution in [0.25, 0.3) is 0 Å². The van der Waals surface area contributed by atoms with Crippen molar-refractivity contribution in [3.63, 3.8) is 0 Å². The highest BCUT2D eigenvalue weighted by molar-refractivity contribution is 5.89. The molecule has 1 aliphatic carbocycles. The fourth-order valence-electron chi connectivity index (χ4n) is 2.48. The lowest BCUT2D eigenvalue weighted by atomic mass is 10.3. The summed E-state index contributed by atoms with van der Waals surface area (Å²) in [4.78, 5) is 27.7. The van der Waals surface area contributed by atoms with E-state index in [1.165, 1.54) is 0 Å². The lowest BCUT2D eigenvalue weighted by molar-refractivity contribution is -0.122. The fraction of sp³-hybridized carbons (Fsp3) is 0.444. The Hall–Kier alpha value is -2.70. The Balaban J connectivity index is 1.34. The molecule has 0 spiro atoms. The van der Waals surface area contributed by atoms with Crippen molar-refractivity contribution in [1.29, 1.82) is 0 Å². The molecule has 2 N–H and O–H groups in total. The maximum absolute atomic E-state index is 11.9. The average Bonchev–Trinajstić information content (AvgIpc) is 3.39. The number of hydrogen-bond donors (Lipinski definition) is 2. The van der Waals surface area contributed by atoms with E-state index in [2.05, 4.69) is 20.7 Å². The highest BCUT2D eigenvalue weighted by Gasteiger charge is 2.28. The van der Waals surface area contributed by atoms with Crippen LogP contribution >= 0.6 is 0 Å². The maximum Gasteiger partial charge on any atom is 0.225 e. The third-order valence-electron chi connectivity index (χ3n) is 4.06. The number of amides is 2. The molecule has 3 rings (SSSR count). The van der Waals surface area contributed by atoms with Crippen LogP contribution in [0.5, 0.6) is 0 Å². The molecule has 132 valence electrons. The van der Waals surface area contributed by atoms with Gasteiger partial charge in [-0.3, -0.25) is 19.3 Å². The number of carbonyl (C=O) groups is 2. The molecule has 0 radical (unpaired) electrons. The van der Waals surface area contributed by atoms with E-state index in [1.807, 2.05) is 24.4 Å². The molecule has 7 heteroatoms. The zero-order valence-electron chi connectivity index (χ0n) is 14.1. The van der Waals surface area contributed by atoms with Crippen molar-refractivity contribution in [3.05, 3.63) is 42.4 Å². The molecule has 1 fully saturated rings. The van der Waals surface area contributed by atoms with Crippen LogP contribution in [0.3, 0.4) is 0 Å². The smallest absolute Gasteiger partial charge is 0.225 e. The molecule has 2 aromatic rings. The minimum Gasteiger partial charge on any atom is -0.356 e. The average molecular weight is 341 g/mol. The highest BCUT2D eigenvalue weighted by atomic mass is 16.2. The molecule has 0 bridgehead atoms. The number of anilines is 1. The number of hydrogen-bond acceptors (Lipinski definition) is 4. The predicted molar refractivity (Wildman–Crippen MR) is 93.8 cm³/mol. The van der Waals surface area contributed by atoms with Crippen LogP contribution in [0.2, 0.25) is 0 Å². The van der Waals surface area contributed by atoms with Crippen molar-refractivity contribution in [2.45, 2.75) is 38.6 Å². The van der Waals surface area contributed by atoms with Gasteiger partial charge in [0.15, 0.2) is 5.82 Å². The summed E-state index contributed by atoms with van der Waals surface area (Å²) in [6.07, 6.45) is 7.39. The van der Waals surface area contributed by atoms with Crippen molar-refractivity contribution < 1.29 is 9.59 Å². The molecule has 1 aliphatic rings. The molecule has 0 unspecified atom stereocenters. The van der Waals surface area contributed by atoms with E-state index < -0.39 is 0 Å². The number of aryl methyl sites for hydroxylation is 2. The van der Waals surface area contributed by atoms with Crippen molar-refractivity contribution in [3.8, 4) is 0 Å². The molecule has 0 aliphatic heterocycles. The molecule has 0 saturated heterocycles. The summed E-state index contributed by atoms with van der Waals surface area (Å²) in [5.41, 5.74) is 1.01. The van der Waals surface area contributed by atoms with Gasteiger partial charge in [-0.1, -0.05) is 6.07 Å². The second-order valence-corrected chi connectivity index (χ2v) is 6.25. The van der Waals surface area contributed by atoms with Gasteiger partial charge in [0.25, 0.3) is 0 Å². The Kier molecular flexibility index (Phi) is 5.77. The van der Waals surface area contributed by atoms with Crippen LogP contribution in [0, 0.1) is 5.92 Å². The normalized spacial score (nSPS) is 13.4. The molecular weight excluding hydrogens is 318 g/mol. The van der Waals surface area contributed by atoms with Gasteiger partial charge in [-0.15, -0.1) is 0 Å². The summed E-state index contributed by atoms with van der Waals surface area (Å²) in [7, 11) is 0. The second-order valence-electron chi connectivity index (χ2n) is 6.25. The first-order valence-corrected chi connectivity index (χ1v) is 8.71. The number of aromatic nitrogens is 3. The Bertz CT molecular complexity index is 709. The predicted octanol–water partition coefficient (Wildman–Crippen LogP) is 1.77. The number of pyridine rings is 1. The molecular formula is C18H23N5O2. The maximum atomic E-state index is 11.9. The van der Waals surface area contributed by atoms with Gasteiger partial charge in [0.05, 0.1) is 0 Å². The standard InChI is InChI=1S/C18H23N5O2/c24-17(5-3-11-20-18(25)14-6-7-14)21-16-9-13-23(22-16)12-8-15-4-1-2-10-19-15/h1-2,4,9-10,13-14H,3,5-8,11-12H2,(H,20,25)(H,21,22,24). The minimum absolute atomic E-state index is 0.0874. The highest BCUT2D eigenvalue weighted by Crippen LogP contribution is 2.28. The van der Waals surface area contributed by atoms with E-state index in [1.54, 1.807) is 16.9 Å². The number of nitrogens with zero attached hydrogens (tertiary/aromatic N) is 3. The largest absolute Gasteiger partial charge is 0.356 e. The SMILES string of the molecule is O=C(CCCNC(=O)C1CC1)Nc1ccn(CCc2ccccn2)n1. The first kappa shape index (κ1) is 17.1. The van der Waals surface area contributed by atoms with Crippen molar-refractivity contribution in [2.24, 2.45) is 5.92 Å². The quantitative estimate of drug-likeness (QED) is 0.680. The first-order chi connectivity index (χ1) is 12.2. The number of carbonyl (C=O) groups excluding carboxylic acids is 2. The third-order valence-corrected chi connectivity index (χ3v) is 4.06. The van der Waals surface area contributed by atoms with Gasteiger partial charge >= 0.3 is 0 Å². The van der Waals surface area contributed by atoms with E-state index in [9.17, 15) is 9.59 Å². The summed E-state index contributed by atoms with van der Waals surface area (Å²) in [5, 5.41) is 9.98. The summed E-state index contributed by atoms with van der Waals surface area (Å²) in [5.74, 6) is 0.791. The Morgan fingerprint density at radius 1 is 1.24 bits per heavy atom. The van der Waals surface area contributed by atoms with Crippen LogP contribution in [0.1, 0.15) is 31.4 Å². The van der Waals surface area contributed by atoms with Gasteiger partial charge in [-0.05, 0) is 31.4 Å². The number of rotatable bonds is 9. The molecule has 1 saturated carbocycles. The van der Waals surface area contributed by atoms with E-state index in [4.69, 9.17) is 0 Å². The van der Waals surface area contributed by atoms with Gasteiger partial charge in [-0.25, -0.2) is 0 Å². The summed E-state index contributed by atoms with van der Waals surface area (Å²) < 4.78 is 1.79. The van der Waals surface area contributed by atoms with Crippen LogP contribution in [0.4, 0.5) is 5.82 Å². The van der Waals surface area contributed by atoms with Gasteiger partial charge in [0.2, 0.25) is 11.8 Å². The summed E-state index contributed by atoms with van der Waals surface area (Å²) >= 11 is 0. The monoisotopic (exact) mass is 341 g/mol. The van der Waals surface area contributed by atoms with Crippen molar-refractivity contribution in [2.75, 3.05) is 11.9 Å². The van der Waals surface area contributed by atoms with Gasteiger partial charge < -0.3 is 10.6 Å². The molecule has 0 aromatic carbocycles. The van der Waals surface area contributed by atoms with Crippen LogP contribution in [0.15, 0.2) is 36.7 Å². The minimum atomic E-state index is -0.0874. The molecule has 0 atom stereocenters. The number of nitrogens with one attached hydrogen (secondary N) is 2. The summed E-state index contributed by atoms with van der Waals surface area (Å²) in [6.45, 7) is 1.25. The summed E-state index contributed by atoms with van der Waals surface area (Å²) in [6, 6.07) is 7.62. The molecule has 2 aromatic heterocycles. The molecule has 25 heavy (non-hydrogen) atoms. The zero-order chi connectivity index (χ0) is 17.5. The van der Waals surface area contributed by atoms with E-state index in [0.29, 0.717) is 31.7 Å². The Labute approximate surface area is 146 Å². The van der Waals surface area contributed by atoms with E-state index in [0.717, 1.165) is 25.0 Å². The first-order valence-electron chi connectivity index (χ1n) is 8.71. The van der Waals surface area contributed by atoms with Gasteiger partial charge in [-0.2, -0.15) is 5.10 Å². The fourth-order valence-corrected chi connectivity index (χ4v) is 2.48. The van der Waals surface area contributed by atoms with Gasteiger partial charge in [0, 0.05) is 56.0 Å². The van der Waals surface area contributed by atoms with Crippen molar-refractivity contribution >= 4 is 17.6 Å². The Morgan fingerprint density at radius 3 is 2.88 bits per heavy atom. The molecule has 7 nitrogen and oxygen atoms in total. The Morgan fingerprint density at radius 2 is 2.12 bits per heavy atom. The van der Waals surface area contributed by atoms with Crippen molar-refractivity contribution in [1.82, 2.24) is 20.1 Å². The molecule has 2 amide bonds. The van der Waals surface area contributed by atoms with Crippen LogP contribution in [-0.2, 0) is 22.6 Å². The second kappa shape index (κ2) is 8.41. The van der Waals surface area contributed by atoms with Crippen LogP contribution < -0.4 is 10.6 Å². The zero-order valence-corrected chi connectivity index (χ0v) is 14.1. The topological polar surface area (TPSA) is 88.9 Å². The van der Waals surface area contributed by atoms with Crippen LogP contribution in [-0.4, -0.2) is 33.1 Å². The lowest BCUT2D eigenvalue weighted by Gasteiger charge is -2.04. The van der Waals surface area contributed by atoms with Gasteiger partial charge in [0.1, 0.15) is 0 Å². The van der Waals surface area contributed by atoms with E-state index in [-0.39, 0.29) is 17.7 Å².